The molecule has 0 atom stereocenters. The highest BCUT2D eigenvalue weighted by Crippen LogP contribution is 2.15. The minimum atomic E-state index is -0.579. The second-order valence-electron chi connectivity index (χ2n) is 5.31. The van der Waals surface area contributed by atoms with E-state index in [4.69, 9.17) is 5.73 Å². The molecule has 2 saturated heterocycles. The number of amides is 1. The van der Waals surface area contributed by atoms with Crippen LogP contribution in [0.15, 0.2) is 0 Å². The molecule has 0 aromatic rings. The standard InChI is InChI=1S/C12H23N3O2S/c13-12(16)9-15-5-1-10(2-6-15)14-11-3-7-18(17)8-4-11/h10-11,14H,1-9H2,(H2,13,16). The van der Waals surface area contributed by atoms with Crippen molar-refractivity contribution in [1.29, 1.82) is 0 Å². The highest BCUT2D eigenvalue weighted by atomic mass is 32.2. The van der Waals surface area contributed by atoms with Gasteiger partial charge in [0.15, 0.2) is 0 Å². The van der Waals surface area contributed by atoms with Gasteiger partial charge in [0.2, 0.25) is 5.91 Å². The SMILES string of the molecule is NC(=O)CN1CCC(NC2CCS(=O)CC2)CC1. The Hall–Kier alpha value is -0.460. The molecule has 18 heavy (non-hydrogen) atoms. The van der Waals surface area contributed by atoms with Crippen LogP contribution in [0.3, 0.4) is 0 Å². The molecular weight excluding hydrogens is 250 g/mol. The Morgan fingerprint density at radius 2 is 1.72 bits per heavy atom. The first kappa shape index (κ1) is 14.0. The van der Waals surface area contributed by atoms with Crippen molar-refractivity contribution in [2.75, 3.05) is 31.1 Å². The maximum atomic E-state index is 11.3. The summed E-state index contributed by atoms with van der Waals surface area (Å²) in [5.41, 5.74) is 5.20. The van der Waals surface area contributed by atoms with Gasteiger partial charge in [0.25, 0.3) is 0 Å². The third kappa shape index (κ3) is 4.33. The molecule has 1 amide bonds. The van der Waals surface area contributed by atoms with E-state index in [2.05, 4.69) is 10.2 Å². The van der Waals surface area contributed by atoms with E-state index in [-0.39, 0.29) is 5.91 Å². The van der Waals surface area contributed by atoms with Crippen LogP contribution in [0.2, 0.25) is 0 Å². The largest absolute Gasteiger partial charge is 0.369 e. The van der Waals surface area contributed by atoms with Crippen LogP contribution in [-0.4, -0.2) is 58.2 Å². The van der Waals surface area contributed by atoms with E-state index in [0.717, 1.165) is 50.3 Å². The number of rotatable bonds is 4. The zero-order chi connectivity index (χ0) is 13.0. The maximum absolute atomic E-state index is 11.3. The quantitative estimate of drug-likeness (QED) is 0.720. The first-order valence-corrected chi connectivity index (χ1v) is 8.24. The van der Waals surface area contributed by atoms with Crippen molar-refractivity contribution in [1.82, 2.24) is 10.2 Å². The molecule has 0 aromatic carbocycles. The lowest BCUT2D eigenvalue weighted by Gasteiger charge is -2.34. The second kappa shape index (κ2) is 6.63. The van der Waals surface area contributed by atoms with Crippen LogP contribution in [0.25, 0.3) is 0 Å². The molecule has 0 saturated carbocycles. The predicted molar refractivity (Wildman–Crippen MR) is 72.7 cm³/mol. The van der Waals surface area contributed by atoms with E-state index in [1.54, 1.807) is 0 Å². The molecule has 0 unspecified atom stereocenters. The molecular formula is C12H23N3O2S. The first-order chi connectivity index (χ1) is 8.63. The summed E-state index contributed by atoms with van der Waals surface area (Å²) >= 11 is 0. The first-order valence-electron chi connectivity index (χ1n) is 6.75. The Morgan fingerprint density at radius 1 is 1.17 bits per heavy atom. The number of hydrogen-bond acceptors (Lipinski definition) is 4. The number of nitrogens with one attached hydrogen (secondary N) is 1. The predicted octanol–water partition coefficient (Wildman–Crippen LogP) is -0.563. The molecule has 0 radical (unpaired) electrons. The summed E-state index contributed by atoms with van der Waals surface area (Å²) in [7, 11) is -0.579. The summed E-state index contributed by atoms with van der Waals surface area (Å²) in [6.45, 7) is 2.27. The minimum Gasteiger partial charge on any atom is -0.369 e. The minimum absolute atomic E-state index is 0.240. The Bertz CT molecular complexity index is 306. The fraction of sp³-hybridized carbons (Fsp3) is 0.917. The van der Waals surface area contributed by atoms with E-state index in [1.807, 2.05) is 0 Å². The van der Waals surface area contributed by atoms with Gasteiger partial charge in [-0.3, -0.25) is 13.9 Å². The topological polar surface area (TPSA) is 75.4 Å². The van der Waals surface area contributed by atoms with Crippen LogP contribution in [0.1, 0.15) is 25.7 Å². The average Bonchev–Trinajstić information content (AvgIpc) is 2.34. The zero-order valence-electron chi connectivity index (χ0n) is 10.8. The molecule has 5 nitrogen and oxygen atoms in total. The Kier molecular flexibility index (Phi) is 5.14. The van der Waals surface area contributed by atoms with Crippen LogP contribution < -0.4 is 11.1 Å². The zero-order valence-corrected chi connectivity index (χ0v) is 11.6. The number of hydrogen-bond donors (Lipinski definition) is 2. The Balaban J connectivity index is 1.67. The fourth-order valence-corrected chi connectivity index (χ4v) is 4.07. The van der Waals surface area contributed by atoms with Gasteiger partial charge in [0, 0.05) is 47.5 Å². The molecule has 2 heterocycles. The Morgan fingerprint density at radius 3 is 2.28 bits per heavy atom. The lowest BCUT2D eigenvalue weighted by molar-refractivity contribution is -0.119. The number of nitrogens with zero attached hydrogens (tertiary/aromatic N) is 1. The van der Waals surface area contributed by atoms with Crippen molar-refractivity contribution in [2.24, 2.45) is 5.73 Å². The van der Waals surface area contributed by atoms with Crippen molar-refractivity contribution in [3.8, 4) is 0 Å². The molecule has 2 aliphatic heterocycles. The second-order valence-corrected chi connectivity index (χ2v) is 7.00. The molecule has 0 aliphatic carbocycles. The van der Waals surface area contributed by atoms with Gasteiger partial charge in [0.05, 0.1) is 6.54 Å². The van der Waals surface area contributed by atoms with Gasteiger partial charge in [-0.25, -0.2) is 0 Å². The number of carbonyl (C=O) groups excluding carboxylic acids is 1. The van der Waals surface area contributed by atoms with E-state index < -0.39 is 10.8 Å². The van der Waals surface area contributed by atoms with Crippen molar-refractivity contribution < 1.29 is 9.00 Å². The van der Waals surface area contributed by atoms with E-state index >= 15 is 0 Å². The molecule has 0 bridgehead atoms. The number of nitrogens with two attached hydrogens (primary N) is 1. The van der Waals surface area contributed by atoms with Gasteiger partial charge in [-0.05, 0) is 25.7 Å². The smallest absolute Gasteiger partial charge is 0.231 e. The van der Waals surface area contributed by atoms with Gasteiger partial charge in [-0.1, -0.05) is 0 Å². The molecule has 0 aromatic heterocycles. The third-order valence-corrected chi connectivity index (χ3v) is 5.21. The fourth-order valence-electron chi connectivity index (χ4n) is 2.77. The van der Waals surface area contributed by atoms with Crippen LogP contribution in [0, 0.1) is 0 Å². The van der Waals surface area contributed by atoms with E-state index in [9.17, 15) is 9.00 Å². The third-order valence-electron chi connectivity index (χ3n) is 3.83. The van der Waals surface area contributed by atoms with Crippen molar-refractivity contribution in [3.63, 3.8) is 0 Å². The maximum Gasteiger partial charge on any atom is 0.231 e. The van der Waals surface area contributed by atoms with Gasteiger partial charge >= 0.3 is 0 Å². The van der Waals surface area contributed by atoms with Crippen molar-refractivity contribution >= 4 is 16.7 Å². The number of primary amides is 1. The highest BCUT2D eigenvalue weighted by molar-refractivity contribution is 7.85. The summed E-state index contributed by atoms with van der Waals surface area (Å²) < 4.78 is 11.3. The molecule has 6 heteroatoms. The summed E-state index contributed by atoms with van der Waals surface area (Å²) in [6.07, 6.45) is 4.22. The van der Waals surface area contributed by atoms with Crippen LogP contribution in [0.5, 0.6) is 0 Å². The number of carbonyl (C=O) groups is 1. The molecule has 104 valence electrons. The molecule has 0 spiro atoms. The molecule has 2 aliphatic rings. The van der Waals surface area contributed by atoms with Crippen LogP contribution >= 0.6 is 0 Å². The van der Waals surface area contributed by atoms with Crippen LogP contribution in [0.4, 0.5) is 0 Å². The monoisotopic (exact) mass is 273 g/mol. The van der Waals surface area contributed by atoms with Gasteiger partial charge in [-0.15, -0.1) is 0 Å². The van der Waals surface area contributed by atoms with Crippen molar-refractivity contribution in [3.05, 3.63) is 0 Å². The number of likely N-dealkylation sites (tertiary alicyclic amines) is 1. The molecule has 2 rings (SSSR count). The van der Waals surface area contributed by atoms with Gasteiger partial charge in [-0.2, -0.15) is 0 Å². The van der Waals surface area contributed by atoms with Gasteiger partial charge in [0.1, 0.15) is 0 Å². The van der Waals surface area contributed by atoms with E-state index in [1.165, 1.54) is 0 Å². The lowest BCUT2D eigenvalue weighted by Crippen LogP contribution is -2.49. The number of piperidine rings is 1. The van der Waals surface area contributed by atoms with Gasteiger partial charge < -0.3 is 11.1 Å². The summed E-state index contributed by atoms with van der Waals surface area (Å²) in [5, 5.41) is 3.67. The molecule has 2 fully saturated rings. The molecule has 3 N–H and O–H groups in total. The average molecular weight is 273 g/mol. The van der Waals surface area contributed by atoms with Crippen LogP contribution in [-0.2, 0) is 15.6 Å². The van der Waals surface area contributed by atoms with Crippen molar-refractivity contribution in [2.45, 2.75) is 37.8 Å². The van der Waals surface area contributed by atoms with E-state index in [0.29, 0.717) is 18.6 Å². The normalized spacial score (nSPS) is 31.3. The Labute approximate surface area is 111 Å². The lowest BCUT2D eigenvalue weighted by atomic mass is 10.0. The highest BCUT2D eigenvalue weighted by Gasteiger charge is 2.24. The summed E-state index contributed by atoms with van der Waals surface area (Å²) in [6, 6.07) is 1.08. The summed E-state index contributed by atoms with van der Waals surface area (Å²) in [5.74, 6) is 1.45. The summed E-state index contributed by atoms with van der Waals surface area (Å²) in [4.78, 5) is 13.0.